The van der Waals surface area contributed by atoms with Crippen LogP contribution in [0.4, 0.5) is 8.78 Å². The smallest absolute Gasteiger partial charge is 0.223 e. The maximum absolute atomic E-state index is 13.8. The minimum absolute atomic E-state index is 0.0680. The van der Waals surface area contributed by atoms with E-state index in [-0.39, 0.29) is 23.7 Å². The second kappa shape index (κ2) is 7.47. The van der Waals surface area contributed by atoms with Crippen LogP contribution in [0.15, 0.2) is 41.2 Å². The molecule has 0 aliphatic heterocycles. The normalized spacial score (nSPS) is 10.9. The van der Waals surface area contributed by atoms with Crippen molar-refractivity contribution in [2.45, 2.75) is 19.4 Å². The van der Waals surface area contributed by atoms with E-state index < -0.39 is 11.6 Å². The molecule has 0 aliphatic carbocycles. The van der Waals surface area contributed by atoms with Crippen LogP contribution in [0.2, 0.25) is 0 Å². The zero-order chi connectivity index (χ0) is 18.7. The fourth-order valence-corrected chi connectivity index (χ4v) is 2.56. The molecule has 2 aromatic heterocycles. The first kappa shape index (κ1) is 17.8. The molecule has 1 aromatic carbocycles. The molecule has 0 unspecified atom stereocenters. The number of aryl methyl sites for hydroxylation is 2. The molecule has 6 nitrogen and oxygen atoms in total. The van der Waals surface area contributed by atoms with Crippen molar-refractivity contribution in [3.8, 4) is 11.3 Å². The van der Waals surface area contributed by atoms with Gasteiger partial charge in [0.2, 0.25) is 5.91 Å². The van der Waals surface area contributed by atoms with Gasteiger partial charge < -0.3 is 9.32 Å². The average molecular weight is 360 g/mol. The summed E-state index contributed by atoms with van der Waals surface area (Å²) in [6.07, 6.45) is 5.43. The fourth-order valence-electron chi connectivity index (χ4n) is 2.56. The fraction of sp³-hybridized carbons (Fsp3) is 0.278. The zero-order valence-corrected chi connectivity index (χ0v) is 14.4. The maximum Gasteiger partial charge on any atom is 0.223 e. The lowest BCUT2D eigenvalue weighted by molar-refractivity contribution is -0.130. The van der Waals surface area contributed by atoms with Crippen molar-refractivity contribution < 1.29 is 18.0 Å². The summed E-state index contributed by atoms with van der Waals surface area (Å²) >= 11 is 0. The Bertz CT molecular complexity index is 920. The number of amides is 1. The molecule has 0 aliphatic rings. The molecule has 8 heteroatoms. The van der Waals surface area contributed by atoms with Gasteiger partial charge in [0.15, 0.2) is 11.7 Å². The average Bonchev–Trinajstić information content (AvgIpc) is 3.21. The van der Waals surface area contributed by atoms with Crippen molar-refractivity contribution in [3.63, 3.8) is 0 Å². The molecule has 0 radical (unpaired) electrons. The number of hydrogen-bond donors (Lipinski definition) is 0. The lowest BCUT2D eigenvalue weighted by Gasteiger charge is -2.15. The van der Waals surface area contributed by atoms with Gasteiger partial charge in [-0.15, -0.1) is 0 Å². The second-order valence-electron chi connectivity index (χ2n) is 6.01. The van der Waals surface area contributed by atoms with Gasteiger partial charge in [0, 0.05) is 51.3 Å². The Labute approximate surface area is 149 Å². The minimum Gasteiger partial charge on any atom is -0.441 e. The Morgan fingerprint density at radius 2 is 2.12 bits per heavy atom. The Balaban J connectivity index is 1.58. The number of rotatable bonds is 6. The van der Waals surface area contributed by atoms with Crippen molar-refractivity contribution in [1.82, 2.24) is 19.7 Å². The molecule has 0 atom stereocenters. The van der Waals surface area contributed by atoms with Crippen LogP contribution in [0.3, 0.4) is 0 Å². The number of halogens is 2. The number of benzene rings is 1. The van der Waals surface area contributed by atoms with Crippen LogP contribution in [0.25, 0.3) is 11.3 Å². The highest BCUT2D eigenvalue weighted by Gasteiger charge is 2.15. The number of hydrogen-bond acceptors (Lipinski definition) is 4. The predicted molar refractivity (Wildman–Crippen MR) is 89.9 cm³/mol. The van der Waals surface area contributed by atoms with Gasteiger partial charge in [-0.1, -0.05) is 0 Å². The maximum atomic E-state index is 13.8. The van der Waals surface area contributed by atoms with Crippen LogP contribution >= 0.6 is 0 Å². The molecule has 0 bridgehead atoms. The molecule has 1 amide bonds. The van der Waals surface area contributed by atoms with Crippen LogP contribution in [0.1, 0.15) is 17.9 Å². The Morgan fingerprint density at radius 1 is 1.31 bits per heavy atom. The standard InChI is InChI=1S/C18H18F2N4O2/c1-23(10-12-8-22-24(2)11-12)18(25)6-5-17-21-9-16(26-17)14-4-3-13(19)7-15(14)20/h3-4,7-9,11H,5-6,10H2,1-2H3. The van der Waals surface area contributed by atoms with E-state index >= 15 is 0 Å². The molecule has 0 fully saturated rings. The van der Waals surface area contributed by atoms with Gasteiger partial charge in [-0.2, -0.15) is 5.10 Å². The molecule has 3 rings (SSSR count). The monoisotopic (exact) mass is 360 g/mol. The van der Waals surface area contributed by atoms with Crippen molar-refractivity contribution in [3.05, 3.63) is 59.9 Å². The number of carbonyl (C=O) groups excluding carboxylic acids is 1. The van der Waals surface area contributed by atoms with Gasteiger partial charge in [-0.05, 0) is 12.1 Å². The SMILES string of the molecule is CN(Cc1cnn(C)c1)C(=O)CCc1ncc(-c2ccc(F)cc2F)o1. The topological polar surface area (TPSA) is 64.2 Å². The quantitative estimate of drug-likeness (QED) is 0.678. The molecular weight excluding hydrogens is 342 g/mol. The van der Waals surface area contributed by atoms with Crippen LogP contribution in [-0.2, 0) is 24.8 Å². The summed E-state index contributed by atoms with van der Waals surface area (Å²) in [4.78, 5) is 17.9. The predicted octanol–water partition coefficient (Wildman–Crippen LogP) is 2.94. The number of oxazole rings is 1. The molecule has 0 saturated heterocycles. The van der Waals surface area contributed by atoms with Gasteiger partial charge in [0.25, 0.3) is 0 Å². The largest absolute Gasteiger partial charge is 0.441 e. The third-order valence-electron chi connectivity index (χ3n) is 3.91. The zero-order valence-electron chi connectivity index (χ0n) is 14.4. The van der Waals surface area contributed by atoms with E-state index in [9.17, 15) is 13.6 Å². The highest BCUT2D eigenvalue weighted by atomic mass is 19.1. The molecule has 0 N–H and O–H groups in total. The van der Waals surface area contributed by atoms with Crippen molar-refractivity contribution in [2.24, 2.45) is 7.05 Å². The molecular formula is C18H18F2N4O2. The number of aromatic nitrogens is 3. The first-order valence-corrected chi connectivity index (χ1v) is 8.04. The van der Waals surface area contributed by atoms with E-state index in [1.54, 1.807) is 22.8 Å². The molecule has 3 aromatic rings. The second-order valence-corrected chi connectivity index (χ2v) is 6.01. The Morgan fingerprint density at radius 3 is 2.81 bits per heavy atom. The Kier molecular flexibility index (Phi) is 5.11. The van der Waals surface area contributed by atoms with Crippen LogP contribution in [0, 0.1) is 11.6 Å². The molecule has 26 heavy (non-hydrogen) atoms. The highest BCUT2D eigenvalue weighted by molar-refractivity contribution is 5.76. The van der Waals surface area contributed by atoms with Gasteiger partial charge in [0.05, 0.1) is 18.0 Å². The van der Waals surface area contributed by atoms with Crippen LogP contribution < -0.4 is 0 Å². The van der Waals surface area contributed by atoms with Crippen molar-refractivity contribution in [1.29, 1.82) is 0 Å². The third-order valence-corrected chi connectivity index (χ3v) is 3.91. The Hall–Kier alpha value is -3.03. The van der Waals surface area contributed by atoms with E-state index in [4.69, 9.17) is 4.42 Å². The number of carbonyl (C=O) groups is 1. The van der Waals surface area contributed by atoms with E-state index in [0.29, 0.717) is 18.9 Å². The van der Waals surface area contributed by atoms with Gasteiger partial charge in [-0.25, -0.2) is 13.8 Å². The van der Waals surface area contributed by atoms with E-state index in [0.717, 1.165) is 17.7 Å². The molecule has 0 saturated carbocycles. The van der Waals surface area contributed by atoms with E-state index in [1.807, 2.05) is 13.2 Å². The third kappa shape index (κ3) is 4.14. The van der Waals surface area contributed by atoms with E-state index in [1.165, 1.54) is 12.3 Å². The van der Waals surface area contributed by atoms with Crippen LogP contribution in [0.5, 0.6) is 0 Å². The highest BCUT2D eigenvalue weighted by Crippen LogP contribution is 2.24. The first-order valence-electron chi connectivity index (χ1n) is 8.04. The summed E-state index contributed by atoms with van der Waals surface area (Å²) in [7, 11) is 3.53. The first-order chi connectivity index (χ1) is 12.4. The van der Waals surface area contributed by atoms with Crippen molar-refractivity contribution in [2.75, 3.05) is 7.05 Å². The summed E-state index contributed by atoms with van der Waals surface area (Å²) in [6.45, 7) is 0.463. The summed E-state index contributed by atoms with van der Waals surface area (Å²) < 4.78 is 33.9. The van der Waals surface area contributed by atoms with Gasteiger partial charge in [-0.3, -0.25) is 9.48 Å². The lowest BCUT2D eigenvalue weighted by Crippen LogP contribution is -2.26. The lowest BCUT2D eigenvalue weighted by atomic mass is 10.2. The van der Waals surface area contributed by atoms with E-state index in [2.05, 4.69) is 10.1 Å². The van der Waals surface area contributed by atoms with Crippen LogP contribution in [-0.4, -0.2) is 32.6 Å². The molecule has 0 spiro atoms. The minimum atomic E-state index is -0.722. The van der Waals surface area contributed by atoms with Gasteiger partial charge in [0.1, 0.15) is 11.6 Å². The molecule has 2 heterocycles. The van der Waals surface area contributed by atoms with Gasteiger partial charge >= 0.3 is 0 Å². The molecule has 136 valence electrons. The summed E-state index contributed by atoms with van der Waals surface area (Å²) in [5, 5.41) is 4.07. The summed E-state index contributed by atoms with van der Waals surface area (Å²) in [5.41, 5.74) is 1.07. The summed E-state index contributed by atoms with van der Waals surface area (Å²) in [5.74, 6) is -0.921. The van der Waals surface area contributed by atoms with Crippen molar-refractivity contribution >= 4 is 5.91 Å². The number of nitrogens with zero attached hydrogens (tertiary/aromatic N) is 4. The summed E-state index contributed by atoms with van der Waals surface area (Å²) in [6, 6.07) is 3.23.